The topological polar surface area (TPSA) is 3.24 Å². The van der Waals surface area contributed by atoms with Crippen molar-refractivity contribution in [2.24, 2.45) is 23.7 Å². The summed E-state index contributed by atoms with van der Waals surface area (Å²) in [5.41, 5.74) is 17.2. The molecule has 0 radical (unpaired) electrons. The van der Waals surface area contributed by atoms with E-state index in [9.17, 15) is 0 Å². The summed E-state index contributed by atoms with van der Waals surface area (Å²) >= 11 is 1.91. The molecule has 1 aromatic heterocycles. The van der Waals surface area contributed by atoms with E-state index in [-0.39, 0.29) is 5.41 Å². The maximum absolute atomic E-state index is 2.64. The fourth-order valence-electron chi connectivity index (χ4n) is 13.2. The highest BCUT2D eigenvalue weighted by Crippen LogP contribution is 2.69. The van der Waals surface area contributed by atoms with Gasteiger partial charge >= 0.3 is 0 Å². The Kier molecular flexibility index (Phi) is 8.10. The number of fused-ring (bicyclic) bond motifs is 7. The van der Waals surface area contributed by atoms with E-state index in [0.29, 0.717) is 11.8 Å². The fraction of sp³-hybridized carbons (Fsp3) is 0.186. The number of benzene rings is 8. The summed E-state index contributed by atoms with van der Waals surface area (Å²) in [4.78, 5) is 2.64. The molecule has 9 aromatic rings. The molecule has 5 aliphatic carbocycles. The fourth-order valence-corrected chi connectivity index (χ4v) is 14.3. The Bertz CT molecular complexity index is 3150. The smallest absolute Gasteiger partial charge is 0.0543 e. The van der Waals surface area contributed by atoms with Crippen LogP contribution in [0.1, 0.15) is 49.7 Å². The van der Waals surface area contributed by atoms with Gasteiger partial charge in [-0.05, 0) is 131 Å². The van der Waals surface area contributed by atoms with Crippen LogP contribution in [0.4, 0.5) is 17.1 Å². The molecule has 4 bridgehead atoms. The summed E-state index contributed by atoms with van der Waals surface area (Å²) < 4.78 is 2.65. The molecular formula is C59H47NS. The van der Waals surface area contributed by atoms with Crippen LogP contribution in [0.2, 0.25) is 0 Å². The first-order chi connectivity index (χ1) is 30.2. The summed E-state index contributed by atoms with van der Waals surface area (Å²) in [6.07, 6.45) is 8.34. The number of anilines is 3. The van der Waals surface area contributed by atoms with E-state index >= 15 is 0 Å². The van der Waals surface area contributed by atoms with Crippen molar-refractivity contribution in [3.8, 4) is 44.5 Å². The summed E-state index contributed by atoms with van der Waals surface area (Å²) in [6, 6.07) is 71.1. The third-order valence-corrected chi connectivity index (χ3v) is 16.5. The third kappa shape index (κ3) is 5.31. The van der Waals surface area contributed by atoms with Crippen LogP contribution in [-0.2, 0) is 5.41 Å². The van der Waals surface area contributed by atoms with Crippen molar-refractivity contribution in [2.45, 2.75) is 43.9 Å². The molecule has 5 unspecified atom stereocenters. The highest BCUT2D eigenvalue weighted by molar-refractivity contribution is 7.25. The van der Waals surface area contributed by atoms with Crippen LogP contribution < -0.4 is 4.90 Å². The first-order valence-corrected chi connectivity index (χ1v) is 23.3. The molecule has 1 heterocycles. The van der Waals surface area contributed by atoms with Crippen LogP contribution in [0.15, 0.2) is 188 Å². The lowest BCUT2D eigenvalue weighted by atomic mass is 9.51. The summed E-state index contributed by atoms with van der Waals surface area (Å²) in [5, 5.41) is 2.66. The van der Waals surface area contributed by atoms with Crippen LogP contribution in [0.5, 0.6) is 0 Å². The zero-order chi connectivity index (χ0) is 40.1. The SMILES string of the molecule is c1ccc(-c2ccccc2-c2ccccc2-c2ccccc2N(c2ccc3c(c2)sc2ccccc23)c2cccc3c2-c2ccccc2C32C3CCC4CC(C3)CC2C4)cc1. The Balaban J connectivity index is 1.07. The summed E-state index contributed by atoms with van der Waals surface area (Å²) in [5.74, 6) is 3.16. The molecule has 5 aliphatic rings. The molecule has 2 heteroatoms. The second-order valence-corrected chi connectivity index (χ2v) is 19.4. The van der Waals surface area contributed by atoms with E-state index in [0.717, 1.165) is 11.8 Å². The molecule has 8 aromatic carbocycles. The maximum Gasteiger partial charge on any atom is 0.0543 e. The van der Waals surface area contributed by atoms with E-state index in [1.165, 1.54) is 120 Å². The molecule has 4 fully saturated rings. The molecule has 0 amide bonds. The number of hydrogen-bond donors (Lipinski definition) is 0. The van der Waals surface area contributed by atoms with Crippen LogP contribution in [0.25, 0.3) is 64.7 Å². The average Bonchev–Trinajstić information content (AvgIpc) is 3.75. The monoisotopic (exact) mass is 801 g/mol. The lowest BCUT2D eigenvalue weighted by Crippen LogP contribution is -2.48. The van der Waals surface area contributed by atoms with Gasteiger partial charge in [0.05, 0.1) is 11.4 Å². The average molecular weight is 802 g/mol. The quantitative estimate of drug-likeness (QED) is 0.162. The Hall–Kier alpha value is -6.22. The van der Waals surface area contributed by atoms with E-state index in [2.05, 4.69) is 193 Å². The summed E-state index contributed by atoms with van der Waals surface area (Å²) in [7, 11) is 0. The Morgan fingerprint density at radius 3 is 1.87 bits per heavy atom. The molecule has 61 heavy (non-hydrogen) atoms. The Labute approximate surface area is 363 Å². The highest BCUT2D eigenvalue weighted by Gasteiger charge is 2.60. The van der Waals surface area contributed by atoms with Crippen LogP contribution in [0, 0.1) is 23.7 Å². The van der Waals surface area contributed by atoms with Gasteiger partial charge in [-0.25, -0.2) is 0 Å². The second kappa shape index (κ2) is 13.9. The van der Waals surface area contributed by atoms with Gasteiger partial charge in [-0.1, -0.05) is 164 Å². The number of para-hydroxylation sites is 1. The van der Waals surface area contributed by atoms with Gasteiger partial charge in [0.15, 0.2) is 0 Å². The Morgan fingerprint density at radius 1 is 0.410 bits per heavy atom. The molecule has 294 valence electrons. The van der Waals surface area contributed by atoms with Crippen molar-refractivity contribution in [2.75, 3.05) is 4.90 Å². The predicted octanol–water partition coefficient (Wildman–Crippen LogP) is 16.6. The van der Waals surface area contributed by atoms with Gasteiger partial charge in [-0.3, -0.25) is 0 Å². The zero-order valence-corrected chi connectivity index (χ0v) is 35.1. The van der Waals surface area contributed by atoms with Gasteiger partial charge in [-0.2, -0.15) is 0 Å². The summed E-state index contributed by atoms with van der Waals surface area (Å²) in [6.45, 7) is 0. The van der Waals surface area contributed by atoms with Crippen LogP contribution in [-0.4, -0.2) is 0 Å². The molecule has 14 rings (SSSR count). The molecule has 0 aliphatic heterocycles. The number of thiophene rings is 1. The first-order valence-electron chi connectivity index (χ1n) is 22.5. The van der Waals surface area contributed by atoms with E-state index in [1.54, 1.807) is 11.1 Å². The Morgan fingerprint density at radius 2 is 1.02 bits per heavy atom. The molecular weight excluding hydrogens is 755 g/mol. The predicted molar refractivity (Wildman–Crippen MR) is 258 cm³/mol. The van der Waals surface area contributed by atoms with E-state index in [4.69, 9.17) is 0 Å². The van der Waals surface area contributed by atoms with Gasteiger partial charge < -0.3 is 4.90 Å². The van der Waals surface area contributed by atoms with Crippen molar-refractivity contribution < 1.29 is 0 Å². The van der Waals surface area contributed by atoms with Crippen molar-refractivity contribution in [1.29, 1.82) is 0 Å². The van der Waals surface area contributed by atoms with Gasteiger partial charge in [0.2, 0.25) is 0 Å². The van der Waals surface area contributed by atoms with E-state index < -0.39 is 0 Å². The number of hydrogen-bond acceptors (Lipinski definition) is 2. The molecule has 1 spiro atoms. The minimum absolute atomic E-state index is 0.0714. The van der Waals surface area contributed by atoms with Crippen molar-refractivity contribution in [3.63, 3.8) is 0 Å². The van der Waals surface area contributed by atoms with Gasteiger partial charge in [0.25, 0.3) is 0 Å². The maximum atomic E-state index is 2.64. The lowest BCUT2D eigenvalue weighted by molar-refractivity contribution is 0.0618. The number of rotatable bonds is 6. The van der Waals surface area contributed by atoms with Crippen LogP contribution in [0.3, 0.4) is 0 Å². The standard InChI is InChI=1S/C59H47NS/c1-2-15-40(16-3-1)44-17-4-5-18-45(44)46-19-6-7-20-47(46)48-21-9-12-26-54(48)60(43-31-32-50-49-22-10-13-28-56(49)61-57(50)37-43)55-27-14-25-53-58(55)51-23-8-11-24-52(51)59(53)41-30-29-38-33-39(35-41)36-42(59)34-38/h1-28,31-32,37-39,41-42H,29-30,33-36H2. The van der Waals surface area contributed by atoms with Gasteiger partial charge in [-0.15, -0.1) is 11.3 Å². The highest BCUT2D eigenvalue weighted by atomic mass is 32.1. The second-order valence-electron chi connectivity index (χ2n) is 18.3. The minimum Gasteiger partial charge on any atom is -0.309 e. The van der Waals surface area contributed by atoms with Gasteiger partial charge in [0, 0.05) is 42.4 Å². The normalized spacial score (nSPS) is 22.1. The zero-order valence-electron chi connectivity index (χ0n) is 34.3. The molecule has 1 nitrogen and oxygen atoms in total. The van der Waals surface area contributed by atoms with Gasteiger partial charge in [0.1, 0.15) is 0 Å². The molecule has 0 saturated heterocycles. The van der Waals surface area contributed by atoms with E-state index in [1.807, 2.05) is 11.3 Å². The number of nitrogens with zero attached hydrogens (tertiary/aromatic N) is 1. The minimum atomic E-state index is 0.0714. The van der Waals surface area contributed by atoms with Crippen molar-refractivity contribution >= 4 is 48.6 Å². The van der Waals surface area contributed by atoms with Crippen molar-refractivity contribution in [3.05, 3.63) is 199 Å². The van der Waals surface area contributed by atoms with Crippen LogP contribution >= 0.6 is 11.3 Å². The molecule has 0 N–H and O–H groups in total. The first kappa shape index (κ1) is 35.5. The molecule has 4 saturated carbocycles. The molecule has 5 atom stereocenters. The van der Waals surface area contributed by atoms with Crippen molar-refractivity contribution in [1.82, 2.24) is 0 Å². The lowest BCUT2D eigenvalue weighted by Gasteiger charge is -2.53. The third-order valence-electron chi connectivity index (χ3n) is 15.4. The largest absolute Gasteiger partial charge is 0.309 e.